The third-order valence-electron chi connectivity index (χ3n) is 6.36. The number of likely N-dealkylation sites (tertiary alicyclic amines) is 1. The van der Waals surface area contributed by atoms with Gasteiger partial charge < -0.3 is 24.8 Å². The molecule has 0 saturated carbocycles. The predicted octanol–water partition coefficient (Wildman–Crippen LogP) is 4.48. The third-order valence-corrected chi connectivity index (χ3v) is 7.47. The molecule has 2 aromatic rings. The van der Waals surface area contributed by atoms with Crippen LogP contribution in [0.1, 0.15) is 60.1 Å². The van der Waals surface area contributed by atoms with Crippen molar-refractivity contribution in [1.82, 2.24) is 20.2 Å². The van der Waals surface area contributed by atoms with Crippen LogP contribution in [0.15, 0.2) is 30.3 Å². The van der Waals surface area contributed by atoms with Crippen LogP contribution in [-0.4, -0.2) is 74.0 Å². The molecule has 1 fully saturated rings. The highest BCUT2D eigenvalue weighted by molar-refractivity contribution is 8.08. The van der Waals surface area contributed by atoms with Crippen molar-refractivity contribution >= 4 is 45.7 Å². The van der Waals surface area contributed by atoms with Crippen LogP contribution >= 0.6 is 11.8 Å². The number of hydrogen-bond donors (Lipinski definition) is 2. The van der Waals surface area contributed by atoms with Crippen LogP contribution in [0.4, 0.5) is 4.79 Å². The summed E-state index contributed by atoms with van der Waals surface area (Å²) in [7, 11) is 0. The van der Waals surface area contributed by atoms with Crippen LogP contribution in [0.5, 0.6) is 5.88 Å². The lowest BCUT2D eigenvalue weighted by Crippen LogP contribution is -2.57. The largest absolute Gasteiger partial charge is 0.480 e. The fraction of sp³-hybridized carbons (Fsp3) is 0.536. The number of allylic oxidation sites excluding steroid dienone is 1. The molecule has 1 saturated heterocycles. The van der Waals surface area contributed by atoms with Gasteiger partial charge in [-0.3, -0.25) is 4.79 Å². The molecule has 2 N–H and O–H groups in total. The van der Waals surface area contributed by atoms with E-state index in [0.29, 0.717) is 17.1 Å². The number of carboxylic acid groups (broad SMARTS) is 1. The summed E-state index contributed by atoms with van der Waals surface area (Å²) in [6.07, 6.45) is 1.72. The van der Waals surface area contributed by atoms with Gasteiger partial charge in [0.2, 0.25) is 11.8 Å². The molecular weight excluding hydrogens is 520 g/mol. The molecule has 0 aliphatic carbocycles. The van der Waals surface area contributed by atoms with Gasteiger partial charge in [-0.25, -0.2) is 19.6 Å². The highest BCUT2D eigenvalue weighted by atomic mass is 32.2. The summed E-state index contributed by atoms with van der Waals surface area (Å²) >= 11 is 1.67. The number of aliphatic carboxylic acids is 1. The van der Waals surface area contributed by atoms with Gasteiger partial charge in [-0.15, -0.1) is 11.8 Å². The summed E-state index contributed by atoms with van der Waals surface area (Å²) in [6, 6.07) is 5.36. The van der Waals surface area contributed by atoms with E-state index < -0.39 is 47.2 Å². The molecule has 0 radical (unpaired) electrons. The van der Waals surface area contributed by atoms with Gasteiger partial charge in [0.25, 0.3) is 0 Å². The number of benzene rings is 1. The third kappa shape index (κ3) is 6.81. The second-order valence-electron chi connectivity index (χ2n) is 11.8. The average molecular weight is 557 g/mol. The SMILES string of the molecule is CC(C)(C)OC(=O)N[C@H](C(=O)N1C[C@H](Oc2nc3ccccc3nc2C2=CCCS2)C[C@H]1C(=O)O)C(C)(C)C. The number of carbonyl (C=O) groups excluding carboxylic acids is 2. The van der Waals surface area contributed by atoms with E-state index in [1.165, 1.54) is 4.90 Å². The summed E-state index contributed by atoms with van der Waals surface area (Å²) in [5.41, 5.74) is 0.555. The summed E-state index contributed by atoms with van der Waals surface area (Å²) in [5, 5.41) is 12.7. The molecule has 0 spiro atoms. The molecule has 0 unspecified atom stereocenters. The van der Waals surface area contributed by atoms with Crippen molar-refractivity contribution < 1.29 is 29.0 Å². The normalized spacial score (nSPS) is 20.5. The minimum absolute atomic E-state index is 0.0263. The smallest absolute Gasteiger partial charge is 0.408 e. The molecule has 0 bridgehead atoms. The van der Waals surface area contributed by atoms with Gasteiger partial charge in [0, 0.05) is 17.1 Å². The zero-order chi connectivity index (χ0) is 28.5. The van der Waals surface area contributed by atoms with Gasteiger partial charge in [-0.05, 0) is 44.7 Å². The Bertz CT molecular complexity index is 1300. The lowest BCUT2D eigenvalue weighted by atomic mass is 9.85. The Morgan fingerprint density at radius 3 is 2.33 bits per heavy atom. The molecule has 3 atom stereocenters. The quantitative estimate of drug-likeness (QED) is 0.529. The van der Waals surface area contributed by atoms with Crippen molar-refractivity contribution in [3.8, 4) is 5.88 Å². The summed E-state index contributed by atoms with van der Waals surface area (Å²) in [5.74, 6) is -0.393. The predicted molar refractivity (Wildman–Crippen MR) is 149 cm³/mol. The number of para-hydroxylation sites is 2. The number of amides is 2. The lowest BCUT2D eigenvalue weighted by Gasteiger charge is -2.35. The zero-order valence-electron chi connectivity index (χ0n) is 23.2. The number of carbonyl (C=O) groups is 3. The van der Waals surface area contributed by atoms with Gasteiger partial charge >= 0.3 is 12.1 Å². The fourth-order valence-electron chi connectivity index (χ4n) is 4.57. The van der Waals surface area contributed by atoms with Gasteiger partial charge in [0.1, 0.15) is 29.5 Å². The first kappa shape index (κ1) is 28.7. The number of nitrogens with zero attached hydrogens (tertiary/aromatic N) is 3. The molecule has 10 nitrogen and oxygen atoms in total. The van der Waals surface area contributed by atoms with Crippen LogP contribution < -0.4 is 10.1 Å². The number of ether oxygens (including phenoxy) is 2. The van der Waals surface area contributed by atoms with Gasteiger partial charge in [0.05, 0.1) is 17.6 Å². The Morgan fingerprint density at radius 1 is 1.10 bits per heavy atom. The summed E-state index contributed by atoms with van der Waals surface area (Å²) in [4.78, 5) is 50.3. The first-order valence-corrected chi connectivity index (χ1v) is 14.0. The molecule has 2 amide bonds. The monoisotopic (exact) mass is 556 g/mol. The number of fused-ring (bicyclic) bond motifs is 1. The highest BCUT2D eigenvalue weighted by Crippen LogP contribution is 2.38. The van der Waals surface area contributed by atoms with Crippen molar-refractivity contribution in [3.63, 3.8) is 0 Å². The molecule has 3 heterocycles. The maximum atomic E-state index is 13.8. The van der Waals surface area contributed by atoms with Crippen molar-refractivity contribution in [2.75, 3.05) is 12.3 Å². The number of alkyl carbamates (subject to hydrolysis) is 1. The molecule has 1 aromatic carbocycles. The average Bonchev–Trinajstić information content (AvgIpc) is 3.50. The Balaban J connectivity index is 1.60. The first-order chi connectivity index (χ1) is 18.2. The van der Waals surface area contributed by atoms with Crippen LogP contribution in [0.2, 0.25) is 0 Å². The standard InChI is InChI=1S/C28H36N4O6S/c1-27(2,3)22(31-26(36)38-28(4,5)6)24(33)32-15-16(14-19(32)25(34)35)37-23-21(20-12-9-13-39-20)29-17-10-7-8-11-18(17)30-23/h7-8,10-12,16,19,22H,9,13-15H2,1-6H3,(H,31,36)(H,34,35)/t16-,19+,22-/m1/s1. The number of rotatable bonds is 6. The molecule has 39 heavy (non-hydrogen) atoms. The first-order valence-electron chi connectivity index (χ1n) is 13.0. The Kier molecular flexibility index (Phi) is 8.11. The second kappa shape index (κ2) is 11.0. The number of hydrogen-bond acceptors (Lipinski definition) is 8. The fourth-order valence-corrected chi connectivity index (χ4v) is 5.53. The van der Waals surface area contributed by atoms with E-state index in [1.54, 1.807) is 53.3 Å². The minimum atomic E-state index is -1.14. The molecule has 11 heteroatoms. The maximum absolute atomic E-state index is 13.8. The van der Waals surface area contributed by atoms with E-state index in [4.69, 9.17) is 19.4 Å². The van der Waals surface area contributed by atoms with Crippen molar-refractivity contribution in [3.05, 3.63) is 36.0 Å². The van der Waals surface area contributed by atoms with Gasteiger partial charge in [0.15, 0.2) is 0 Å². The van der Waals surface area contributed by atoms with E-state index in [9.17, 15) is 19.5 Å². The van der Waals surface area contributed by atoms with E-state index in [0.717, 1.165) is 22.6 Å². The molecule has 2 aliphatic heterocycles. The van der Waals surface area contributed by atoms with Gasteiger partial charge in [-0.1, -0.05) is 39.0 Å². The zero-order valence-corrected chi connectivity index (χ0v) is 24.0. The Labute approximate surface area is 232 Å². The number of aromatic nitrogens is 2. The molecule has 1 aromatic heterocycles. The number of carboxylic acids is 1. The van der Waals surface area contributed by atoms with Gasteiger partial charge in [-0.2, -0.15) is 0 Å². The Morgan fingerprint density at radius 2 is 1.77 bits per heavy atom. The van der Waals surface area contributed by atoms with Crippen LogP contribution in [0.25, 0.3) is 15.9 Å². The van der Waals surface area contributed by atoms with Crippen molar-refractivity contribution in [2.24, 2.45) is 5.41 Å². The van der Waals surface area contributed by atoms with E-state index >= 15 is 0 Å². The molecule has 2 aliphatic rings. The van der Waals surface area contributed by atoms with E-state index in [2.05, 4.69) is 11.4 Å². The molecule has 210 valence electrons. The number of nitrogens with one attached hydrogen (secondary N) is 1. The molecular formula is C28H36N4O6S. The lowest BCUT2D eigenvalue weighted by molar-refractivity contribution is -0.150. The van der Waals surface area contributed by atoms with Crippen molar-refractivity contribution in [2.45, 2.75) is 78.2 Å². The van der Waals surface area contributed by atoms with E-state index in [1.807, 2.05) is 24.3 Å². The number of thioether (sulfide) groups is 1. The highest BCUT2D eigenvalue weighted by Gasteiger charge is 2.46. The Hall–Kier alpha value is -3.34. The summed E-state index contributed by atoms with van der Waals surface area (Å²) < 4.78 is 11.7. The summed E-state index contributed by atoms with van der Waals surface area (Å²) in [6.45, 7) is 10.6. The molecule has 4 rings (SSSR count). The maximum Gasteiger partial charge on any atom is 0.408 e. The minimum Gasteiger partial charge on any atom is -0.480 e. The van der Waals surface area contributed by atoms with Crippen molar-refractivity contribution in [1.29, 1.82) is 0 Å². The topological polar surface area (TPSA) is 131 Å². The van der Waals surface area contributed by atoms with Crippen LogP contribution in [-0.2, 0) is 14.3 Å². The second-order valence-corrected chi connectivity index (χ2v) is 13.0. The van der Waals surface area contributed by atoms with E-state index in [-0.39, 0.29) is 13.0 Å². The van der Waals surface area contributed by atoms with Crippen LogP contribution in [0.3, 0.4) is 0 Å². The van der Waals surface area contributed by atoms with Crippen LogP contribution in [0, 0.1) is 5.41 Å².